The van der Waals surface area contributed by atoms with Crippen LogP contribution in [0.2, 0.25) is 0 Å². The molecule has 2 unspecified atom stereocenters. The predicted molar refractivity (Wildman–Crippen MR) is 445 cm³/mol. The van der Waals surface area contributed by atoms with Gasteiger partial charge in [-0.1, -0.05) is 288 Å². The molecule has 0 bridgehead atoms. The van der Waals surface area contributed by atoms with Gasteiger partial charge in [0.05, 0.1) is 26.4 Å². The maximum Gasteiger partial charge on any atom is 0.472 e. The fourth-order valence-electron chi connectivity index (χ4n) is 10.3. The van der Waals surface area contributed by atoms with E-state index in [9.17, 15) is 43.2 Å². The van der Waals surface area contributed by atoms with Gasteiger partial charge in [0.15, 0.2) is 12.2 Å². The number of aliphatic hydroxyl groups excluding tert-OH is 1. The number of esters is 4. The SMILES string of the molecule is CCCCC/C=C\C/C=C\C/C=C\C/C=C\C/C=C\CCC(=O)OC[C@H](COP(=O)(O)OC[C@@H](O)COP(=O)(O)OC[C@@H](COC(=O)CCC/C=C\C/C=C\C/C=C\C/C=C\CCCCC)OC(=O)CCC/C=C\C/C=C\C/C=C\C/C=C\CCCCC)OC(=O)CCCCCCC/C=C\CCCCCCCC. The molecular weight excluding hydrogens is 1400 g/mol. The van der Waals surface area contributed by atoms with Gasteiger partial charge in [0, 0.05) is 25.7 Å². The number of ether oxygens (including phenoxy) is 4. The standard InChI is InChI=1S/C89H146O17P2/c1-5-9-13-17-21-25-29-33-37-40-41-44-47-50-54-58-62-66-70-74-87(92)100-79-84(105-88(93)75-71-67-63-59-55-51-45-36-32-28-24-20-16-12-8-4)81-103-107(95,96)101-77-83(90)78-102-108(97,98)104-82-85(106-89(94)76-72-68-64-60-56-52-48-43-39-35-31-27-23-19-15-11-7-3)80-99-86(91)73-69-65-61-57-53-49-46-42-38-34-30-26-22-18-14-10-6-2/h21-23,25-27,33-39,41,44-46,48-50,52,54,57,60-62,64,66,83-85,90H,5-20,24,28-32,40,42-43,47,51,53,55-56,58-59,63,65,67-82H2,1-4H3,(H,95,96)(H,97,98)/b25-21-,26-22-,27-23-,37-33-,38-34-,39-35-,44-41-,45-36-,49-46-,52-48-,54-50-,61-57-,64-60-,66-62-/t83-,84-,85-/m1/s1. The summed E-state index contributed by atoms with van der Waals surface area (Å²) in [5, 5.41) is 10.7. The normalized spacial score (nSPS) is 14.7. The van der Waals surface area contributed by atoms with Crippen molar-refractivity contribution in [3.63, 3.8) is 0 Å². The molecule has 0 aliphatic rings. The fraction of sp³-hybridized carbons (Fsp3) is 0.640. The second-order valence-electron chi connectivity index (χ2n) is 27.0. The van der Waals surface area contributed by atoms with E-state index >= 15 is 0 Å². The zero-order valence-electron chi connectivity index (χ0n) is 67.2. The second-order valence-corrected chi connectivity index (χ2v) is 29.9. The van der Waals surface area contributed by atoms with Gasteiger partial charge in [-0.3, -0.25) is 37.3 Å². The minimum absolute atomic E-state index is 0.000106. The number of hydrogen-bond donors (Lipinski definition) is 3. The molecule has 0 aromatic heterocycles. The molecule has 0 aliphatic heterocycles. The highest BCUT2D eigenvalue weighted by Crippen LogP contribution is 2.45. The molecule has 614 valence electrons. The number of rotatable bonds is 76. The molecule has 0 heterocycles. The summed E-state index contributed by atoms with van der Waals surface area (Å²) in [5.41, 5.74) is 0. The van der Waals surface area contributed by atoms with Crippen LogP contribution in [-0.2, 0) is 65.4 Å². The third-order valence-corrected chi connectivity index (χ3v) is 18.5. The molecule has 0 radical (unpaired) electrons. The number of carbonyl (C=O) groups is 4. The summed E-state index contributed by atoms with van der Waals surface area (Å²) in [5.74, 6) is -2.42. The number of unbranched alkanes of at least 4 members (excludes halogenated alkanes) is 22. The predicted octanol–water partition coefficient (Wildman–Crippen LogP) is 24.6. The Morgan fingerprint density at radius 2 is 0.481 bits per heavy atom. The Morgan fingerprint density at radius 3 is 0.815 bits per heavy atom. The molecule has 0 aliphatic carbocycles. The fourth-order valence-corrected chi connectivity index (χ4v) is 11.9. The van der Waals surface area contributed by atoms with Gasteiger partial charge >= 0.3 is 39.5 Å². The van der Waals surface area contributed by atoms with Crippen LogP contribution in [0.3, 0.4) is 0 Å². The number of phosphoric acid groups is 2. The summed E-state index contributed by atoms with van der Waals surface area (Å²) < 4.78 is 68.5. The van der Waals surface area contributed by atoms with Gasteiger partial charge in [-0.05, 0) is 167 Å². The van der Waals surface area contributed by atoms with E-state index in [1.54, 1.807) is 0 Å². The van der Waals surface area contributed by atoms with Crippen molar-refractivity contribution in [2.24, 2.45) is 0 Å². The molecule has 5 atom stereocenters. The highest BCUT2D eigenvalue weighted by Gasteiger charge is 2.30. The Hall–Kier alpha value is -5.58. The molecular formula is C89H146O17P2. The first-order valence-corrected chi connectivity index (χ1v) is 44.4. The van der Waals surface area contributed by atoms with Crippen molar-refractivity contribution in [3.05, 3.63) is 170 Å². The topological polar surface area (TPSA) is 237 Å². The number of aliphatic hydroxyl groups is 1. The van der Waals surface area contributed by atoms with Gasteiger partial charge < -0.3 is 33.8 Å². The zero-order chi connectivity index (χ0) is 78.9. The van der Waals surface area contributed by atoms with E-state index in [2.05, 4.69) is 155 Å². The summed E-state index contributed by atoms with van der Waals surface area (Å²) in [6.45, 7) is 4.56. The van der Waals surface area contributed by atoms with Crippen molar-refractivity contribution in [1.29, 1.82) is 0 Å². The first-order valence-electron chi connectivity index (χ1n) is 41.4. The summed E-state index contributed by atoms with van der Waals surface area (Å²) >= 11 is 0. The lowest BCUT2D eigenvalue weighted by Gasteiger charge is -2.21. The Bertz CT molecular complexity index is 2710. The van der Waals surface area contributed by atoms with E-state index < -0.39 is 97.5 Å². The van der Waals surface area contributed by atoms with Crippen LogP contribution < -0.4 is 0 Å². The molecule has 108 heavy (non-hydrogen) atoms. The molecule has 0 fully saturated rings. The first kappa shape index (κ1) is 102. The summed E-state index contributed by atoms with van der Waals surface area (Å²) in [7, 11) is -10.0. The van der Waals surface area contributed by atoms with Gasteiger partial charge in [0.2, 0.25) is 0 Å². The Balaban J connectivity index is 5.55. The molecule has 0 aromatic rings. The van der Waals surface area contributed by atoms with Crippen LogP contribution in [0.5, 0.6) is 0 Å². The van der Waals surface area contributed by atoms with E-state index in [4.69, 9.17) is 37.0 Å². The van der Waals surface area contributed by atoms with E-state index in [1.165, 1.54) is 96.3 Å². The minimum atomic E-state index is -5.02. The number of phosphoric ester groups is 2. The number of carbonyl (C=O) groups excluding carboxylic acids is 4. The molecule has 0 spiro atoms. The third kappa shape index (κ3) is 78.5. The van der Waals surface area contributed by atoms with Gasteiger partial charge in [0.1, 0.15) is 19.3 Å². The average Bonchev–Trinajstić information content (AvgIpc) is 0.901. The lowest BCUT2D eigenvalue weighted by Crippen LogP contribution is -2.30. The Labute approximate surface area is 654 Å². The van der Waals surface area contributed by atoms with E-state index in [0.717, 1.165) is 116 Å². The van der Waals surface area contributed by atoms with Crippen molar-refractivity contribution in [2.45, 2.75) is 329 Å². The maximum atomic E-state index is 13.1. The summed E-state index contributed by atoms with van der Waals surface area (Å²) in [4.78, 5) is 73.1. The monoisotopic (exact) mass is 1550 g/mol. The quantitative estimate of drug-likeness (QED) is 0.0169. The van der Waals surface area contributed by atoms with Crippen LogP contribution in [0, 0.1) is 0 Å². The highest BCUT2D eigenvalue weighted by molar-refractivity contribution is 7.47. The molecule has 3 N–H and O–H groups in total. The summed E-state index contributed by atoms with van der Waals surface area (Å²) in [6.07, 6.45) is 95.0. The third-order valence-electron chi connectivity index (χ3n) is 16.6. The lowest BCUT2D eigenvalue weighted by atomic mass is 10.1. The minimum Gasteiger partial charge on any atom is -0.462 e. The average molecular weight is 1550 g/mol. The zero-order valence-corrected chi connectivity index (χ0v) is 69.0. The van der Waals surface area contributed by atoms with Gasteiger partial charge in [-0.25, -0.2) is 9.13 Å². The highest BCUT2D eigenvalue weighted by atomic mass is 31.2. The van der Waals surface area contributed by atoms with Crippen molar-refractivity contribution >= 4 is 39.5 Å². The molecule has 0 amide bonds. The molecule has 0 saturated heterocycles. The van der Waals surface area contributed by atoms with Crippen LogP contribution in [0.25, 0.3) is 0 Å². The van der Waals surface area contributed by atoms with Gasteiger partial charge in [-0.15, -0.1) is 0 Å². The van der Waals surface area contributed by atoms with Crippen LogP contribution in [0.4, 0.5) is 0 Å². The largest absolute Gasteiger partial charge is 0.472 e. The first-order chi connectivity index (χ1) is 52.7. The maximum absolute atomic E-state index is 13.1. The molecule has 0 aromatic carbocycles. The van der Waals surface area contributed by atoms with Gasteiger partial charge in [0.25, 0.3) is 0 Å². The van der Waals surface area contributed by atoms with Crippen LogP contribution in [0.15, 0.2) is 170 Å². The number of hydrogen-bond acceptors (Lipinski definition) is 15. The van der Waals surface area contributed by atoms with Crippen molar-refractivity contribution in [3.8, 4) is 0 Å². The van der Waals surface area contributed by atoms with Crippen molar-refractivity contribution < 1.29 is 80.2 Å². The van der Waals surface area contributed by atoms with Crippen molar-refractivity contribution in [1.82, 2.24) is 0 Å². The van der Waals surface area contributed by atoms with Crippen LogP contribution in [0.1, 0.15) is 310 Å². The molecule has 0 rings (SSSR count). The Kier molecular flexibility index (Phi) is 75.4. The second kappa shape index (κ2) is 79.5. The lowest BCUT2D eigenvalue weighted by molar-refractivity contribution is -0.161. The van der Waals surface area contributed by atoms with Crippen LogP contribution >= 0.6 is 15.6 Å². The molecule has 0 saturated carbocycles. The smallest absolute Gasteiger partial charge is 0.462 e. The van der Waals surface area contributed by atoms with Gasteiger partial charge in [-0.2, -0.15) is 0 Å². The van der Waals surface area contributed by atoms with E-state index in [1.807, 2.05) is 42.5 Å². The van der Waals surface area contributed by atoms with E-state index in [0.29, 0.717) is 44.9 Å². The number of allylic oxidation sites excluding steroid dienone is 28. The summed E-state index contributed by atoms with van der Waals surface area (Å²) in [6, 6.07) is 0. The van der Waals surface area contributed by atoms with Crippen LogP contribution in [-0.4, -0.2) is 96.7 Å². The Morgan fingerprint density at radius 1 is 0.259 bits per heavy atom. The van der Waals surface area contributed by atoms with Crippen molar-refractivity contribution in [2.75, 3.05) is 39.6 Å². The molecule has 17 nitrogen and oxygen atoms in total. The molecule has 19 heteroatoms. The van der Waals surface area contributed by atoms with E-state index in [-0.39, 0.29) is 25.7 Å².